The van der Waals surface area contributed by atoms with E-state index in [1.807, 2.05) is 24.3 Å². The van der Waals surface area contributed by atoms with Crippen molar-refractivity contribution in [2.24, 2.45) is 0 Å². The topological polar surface area (TPSA) is 27.0 Å². The Morgan fingerprint density at radius 3 is 1.96 bits per heavy atom. The Labute approximate surface area is 158 Å². The highest BCUT2D eigenvalue weighted by Crippen LogP contribution is 2.33. The molecule has 0 saturated carbocycles. The molecule has 2 aromatic rings. The van der Waals surface area contributed by atoms with Crippen molar-refractivity contribution in [2.75, 3.05) is 19.6 Å². The van der Waals surface area contributed by atoms with Gasteiger partial charge >= 0.3 is 0 Å². The lowest BCUT2D eigenvalue weighted by atomic mass is 9.74. The highest BCUT2D eigenvalue weighted by Gasteiger charge is 2.32. The number of aryl methyl sites for hydroxylation is 1. The van der Waals surface area contributed by atoms with Crippen LogP contribution >= 0.6 is 12.4 Å². The molecule has 0 aromatic heterocycles. The van der Waals surface area contributed by atoms with Crippen LogP contribution in [0.25, 0.3) is 0 Å². The Hall–Kier alpha value is -1.82. The van der Waals surface area contributed by atoms with E-state index in [-0.39, 0.29) is 12.4 Å². The molecule has 0 bridgehead atoms. The van der Waals surface area contributed by atoms with Gasteiger partial charge < -0.3 is 4.90 Å². The van der Waals surface area contributed by atoms with Gasteiger partial charge in [0, 0.05) is 0 Å². The molecule has 1 atom stereocenters. The summed E-state index contributed by atoms with van der Waals surface area (Å²) in [7, 11) is 0. The van der Waals surface area contributed by atoms with Gasteiger partial charge in [-0.1, -0.05) is 74.5 Å². The van der Waals surface area contributed by atoms with E-state index in [9.17, 15) is 5.26 Å². The van der Waals surface area contributed by atoms with Gasteiger partial charge in [-0.25, -0.2) is 0 Å². The molecule has 0 radical (unpaired) electrons. The lowest BCUT2D eigenvalue weighted by molar-refractivity contribution is 0.271. The van der Waals surface area contributed by atoms with Gasteiger partial charge in [0.05, 0.1) is 11.5 Å². The van der Waals surface area contributed by atoms with Gasteiger partial charge in [-0.3, -0.25) is 0 Å². The van der Waals surface area contributed by atoms with Gasteiger partial charge in [0.2, 0.25) is 0 Å². The van der Waals surface area contributed by atoms with Crippen molar-refractivity contribution in [2.45, 2.75) is 38.5 Å². The normalized spacial score (nSPS) is 12.9. The highest BCUT2D eigenvalue weighted by atomic mass is 35.5. The zero-order chi connectivity index (χ0) is 17.3. The average Bonchev–Trinajstić information content (AvgIpc) is 2.67. The van der Waals surface area contributed by atoms with Crippen LogP contribution in [-0.2, 0) is 11.8 Å². The Kier molecular flexibility index (Phi) is 9.27. The zero-order valence-corrected chi connectivity index (χ0v) is 16.1. The van der Waals surface area contributed by atoms with E-state index < -0.39 is 5.41 Å². The molecule has 2 rings (SSSR count). The second-order valence-corrected chi connectivity index (χ2v) is 6.32. The quantitative estimate of drug-likeness (QED) is 0.614. The van der Waals surface area contributed by atoms with Gasteiger partial charge in [-0.2, -0.15) is 5.26 Å². The molecule has 0 saturated heterocycles. The summed E-state index contributed by atoms with van der Waals surface area (Å²) in [5.41, 5.74) is 2.03. The third-order valence-corrected chi connectivity index (χ3v) is 4.97. The molecule has 25 heavy (non-hydrogen) atoms. The van der Waals surface area contributed by atoms with E-state index in [1.54, 1.807) is 0 Å². The second kappa shape index (κ2) is 10.9. The van der Waals surface area contributed by atoms with Gasteiger partial charge in [-0.15, -0.1) is 12.4 Å². The highest BCUT2D eigenvalue weighted by molar-refractivity contribution is 5.85. The third kappa shape index (κ3) is 5.88. The summed E-state index contributed by atoms with van der Waals surface area (Å²) in [4.78, 5) is 2.40. The predicted octanol–water partition coefficient (Wildman–Crippen LogP) is 5.23. The minimum absolute atomic E-state index is 0. The van der Waals surface area contributed by atoms with E-state index >= 15 is 0 Å². The fourth-order valence-electron chi connectivity index (χ4n) is 3.24. The number of nitrogens with zero attached hydrogens (tertiary/aromatic N) is 2. The standard InChI is InChI=1S/C22H28N2.ClH/c1-3-24(4-2)18-17-22(19-23,21-13-9-6-10-14-21)16-15-20-11-7-5-8-12-20;/h5-14H,3-4,15-18H2,1-2H3;1H. The fourth-order valence-corrected chi connectivity index (χ4v) is 3.24. The number of nitriles is 1. The van der Waals surface area contributed by atoms with Crippen molar-refractivity contribution < 1.29 is 0 Å². The summed E-state index contributed by atoms with van der Waals surface area (Å²) in [5.74, 6) is 0. The maximum atomic E-state index is 10.1. The van der Waals surface area contributed by atoms with Gasteiger partial charge in [-0.05, 0) is 50.0 Å². The third-order valence-electron chi connectivity index (χ3n) is 4.97. The Morgan fingerprint density at radius 1 is 0.880 bits per heavy atom. The van der Waals surface area contributed by atoms with Crippen LogP contribution in [0.5, 0.6) is 0 Å². The van der Waals surface area contributed by atoms with Crippen molar-refractivity contribution in [3.05, 3.63) is 71.8 Å². The Bertz CT molecular complexity index is 632. The lowest BCUT2D eigenvalue weighted by Crippen LogP contribution is -2.33. The molecule has 0 spiro atoms. The molecule has 2 nitrogen and oxygen atoms in total. The number of hydrogen-bond acceptors (Lipinski definition) is 2. The molecular formula is C22H29ClN2. The first kappa shape index (κ1) is 21.2. The van der Waals surface area contributed by atoms with E-state index in [1.165, 1.54) is 5.56 Å². The van der Waals surface area contributed by atoms with Gasteiger partial charge in [0.15, 0.2) is 0 Å². The number of hydrogen-bond donors (Lipinski definition) is 0. The van der Waals surface area contributed by atoms with E-state index in [4.69, 9.17) is 0 Å². The maximum Gasteiger partial charge on any atom is 0.0837 e. The van der Waals surface area contributed by atoms with Crippen LogP contribution in [0, 0.1) is 11.3 Å². The second-order valence-electron chi connectivity index (χ2n) is 6.32. The number of rotatable bonds is 9. The zero-order valence-electron chi connectivity index (χ0n) is 15.3. The molecule has 0 N–H and O–H groups in total. The predicted molar refractivity (Wildman–Crippen MR) is 108 cm³/mol. The first-order chi connectivity index (χ1) is 11.7. The molecule has 0 aliphatic carbocycles. The minimum Gasteiger partial charge on any atom is -0.304 e. The van der Waals surface area contributed by atoms with E-state index in [0.717, 1.165) is 44.5 Å². The molecule has 134 valence electrons. The largest absolute Gasteiger partial charge is 0.304 e. The summed E-state index contributed by atoms with van der Waals surface area (Å²) >= 11 is 0. The van der Waals surface area contributed by atoms with Crippen molar-refractivity contribution in [3.8, 4) is 6.07 Å². The average molecular weight is 357 g/mol. The summed E-state index contributed by atoms with van der Waals surface area (Å²) in [6.07, 6.45) is 2.67. The Balaban J connectivity index is 0.00000312. The first-order valence-corrected chi connectivity index (χ1v) is 8.97. The van der Waals surface area contributed by atoms with Crippen LogP contribution in [0.4, 0.5) is 0 Å². The van der Waals surface area contributed by atoms with E-state index in [2.05, 4.69) is 61.2 Å². The Morgan fingerprint density at radius 2 is 1.44 bits per heavy atom. The molecular weight excluding hydrogens is 328 g/mol. The van der Waals surface area contributed by atoms with Crippen LogP contribution in [0.3, 0.4) is 0 Å². The van der Waals surface area contributed by atoms with Crippen molar-refractivity contribution >= 4 is 12.4 Å². The summed E-state index contributed by atoms with van der Waals surface area (Å²) in [6.45, 7) is 7.40. The maximum absolute atomic E-state index is 10.1. The van der Waals surface area contributed by atoms with Gasteiger partial charge in [0.25, 0.3) is 0 Å². The number of halogens is 1. The number of benzene rings is 2. The SMILES string of the molecule is CCN(CC)CCC(C#N)(CCc1ccccc1)c1ccccc1.Cl. The monoisotopic (exact) mass is 356 g/mol. The first-order valence-electron chi connectivity index (χ1n) is 8.97. The molecule has 3 heteroatoms. The molecule has 0 amide bonds. The molecule has 1 unspecified atom stereocenters. The molecule has 0 heterocycles. The van der Waals surface area contributed by atoms with Crippen molar-refractivity contribution in [3.63, 3.8) is 0 Å². The summed E-state index contributed by atoms with van der Waals surface area (Å²) < 4.78 is 0. The van der Waals surface area contributed by atoms with Crippen molar-refractivity contribution in [1.82, 2.24) is 4.90 Å². The van der Waals surface area contributed by atoms with Crippen molar-refractivity contribution in [1.29, 1.82) is 5.26 Å². The molecule has 0 aliphatic heterocycles. The van der Waals surface area contributed by atoms with Crippen LogP contribution in [0.15, 0.2) is 60.7 Å². The minimum atomic E-state index is -0.417. The van der Waals surface area contributed by atoms with Crippen LogP contribution < -0.4 is 0 Å². The van der Waals surface area contributed by atoms with Crippen LogP contribution in [0.2, 0.25) is 0 Å². The van der Waals surface area contributed by atoms with E-state index in [0.29, 0.717) is 0 Å². The molecule has 0 aliphatic rings. The summed E-state index contributed by atoms with van der Waals surface area (Å²) in [5, 5.41) is 10.1. The van der Waals surface area contributed by atoms with Gasteiger partial charge in [0.1, 0.15) is 0 Å². The molecule has 2 aromatic carbocycles. The lowest BCUT2D eigenvalue weighted by Gasteiger charge is -2.30. The smallest absolute Gasteiger partial charge is 0.0837 e. The molecule has 0 fully saturated rings. The summed E-state index contributed by atoms with van der Waals surface area (Å²) in [6, 6.07) is 23.5. The fraction of sp³-hybridized carbons (Fsp3) is 0.409. The van der Waals surface area contributed by atoms with Crippen LogP contribution in [0.1, 0.15) is 37.8 Å². The van der Waals surface area contributed by atoms with Crippen LogP contribution in [-0.4, -0.2) is 24.5 Å².